The summed E-state index contributed by atoms with van der Waals surface area (Å²) in [7, 11) is -3.82. The van der Waals surface area contributed by atoms with Crippen LogP contribution in [0.4, 0.5) is 4.39 Å². The van der Waals surface area contributed by atoms with Crippen molar-refractivity contribution in [1.82, 2.24) is 14.2 Å². The number of amides is 1. The number of carbonyl (C=O) groups excluding carboxylic acids is 1. The van der Waals surface area contributed by atoms with Crippen molar-refractivity contribution < 1.29 is 17.6 Å². The predicted octanol–water partition coefficient (Wildman–Crippen LogP) is 3.17. The molecule has 2 aromatic carbocycles. The first-order valence-corrected chi connectivity index (χ1v) is 10.8. The molecule has 0 bridgehead atoms. The second-order valence-corrected chi connectivity index (χ2v) is 8.99. The molecule has 0 radical (unpaired) electrons. The highest BCUT2D eigenvalue weighted by Crippen LogP contribution is 2.24. The molecular formula is C20H17ClFN3O3S. The number of halogens is 2. The van der Waals surface area contributed by atoms with Gasteiger partial charge < -0.3 is 4.90 Å². The predicted molar refractivity (Wildman–Crippen MR) is 108 cm³/mol. The fourth-order valence-corrected chi connectivity index (χ4v) is 5.06. The fourth-order valence-electron chi connectivity index (χ4n) is 3.37. The summed E-state index contributed by atoms with van der Waals surface area (Å²) >= 11 is 5.72. The largest absolute Gasteiger partial charge is 0.336 e. The molecule has 0 spiro atoms. The molecule has 3 aromatic rings. The van der Waals surface area contributed by atoms with Crippen LogP contribution in [-0.2, 0) is 10.0 Å². The molecule has 29 heavy (non-hydrogen) atoms. The van der Waals surface area contributed by atoms with Crippen molar-refractivity contribution in [1.29, 1.82) is 0 Å². The average molecular weight is 434 g/mol. The first-order valence-electron chi connectivity index (χ1n) is 8.96. The highest BCUT2D eigenvalue weighted by atomic mass is 35.5. The lowest BCUT2D eigenvalue weighted by molar-refractivity contribution is 0.0700. The maximum atomic E-state index is 13.4. The van der Waals surface area contributed by atoms with Crippen molar-refractivity contribution in [2.75, 3.05) is 26.2 Å². The first kappa shape index (κ1) is 19.8. The highest BCUT2D eigenvalue weighted by molar-refractivity contribution is 7.89. The van der Waals surface area contributed by atoms with Crippen molar-refractivity contribution in [2.24, 2.45) is 0 Å². The summed E-state index contributed by atoms with van der Waals surface area (Å²) in [4.78, 5) is 18.8. The summed E-state index contributed by atoms with van der Waals surface area (Å²) in [5.74, 6) is -0.837. The Morgan fingerprint density at radius 1 is 1.03 bits per heavy atom. The van der Waals surface area contributed by atoms with Crippen LogP contribution in [0.25, 0.3) is 10.9 Å². The van der Waals surface area contributed by atoms with Gasteiger partial charge in [0.25, 0.3) is 5.91 Å². The minimum Gasteiger partial charge on any atom is -0.336 e. The molecule has 4 rings (SSSR count). The Kier molecular flexibility index (Phi) is 5.24. The number of carbonyl (C=O) groups is 1. The van der Waals surface area contributed by atoms with Crippen LogP contribution in [0.5, 0.6) is 0 Å². The molecule has 150 valence electrons. The number of sulfonamides is 1. The zero-order valence-corrected chi connectivity index (χ0v) is 16.8. The number of aromatic nitrogens is 1. The van der Waals surface area contributed by atoms with Crippen LogP contribution in [0, 0.1) is 5.82 Å². The highest BCUT2D eigenvalue weighted by Gasteiger charge is 2.31. The van der Waals surface area contributed by atoms with Gasteiger partial charge in [-0.2, -0.15) is 4.31 Å². The van der Waals surface area contributed by atoms with E-state index in [1.165, 1.54) is 10.4 Å². The molecule has 9 heteroatoms. The van der Waals surface area contributed by atoms with Gasteiger partial charge in [-0.25, -0.2) is 12.8 Å². The lowest BCUT2D eigenvalue weighted by Gasteiger charge is -2.34. The molecule has 0 unspecified atom stereocenters. The van der Waals surface area contributed by atoms with Crippen molar-refractivity contribution in [3.63, 3.8) is 0 Å². The molecule has 0 saturated carbocycles. The van der Waals surface area contributed by atoms with E-state index >= 15 is 0 Å². The van der Waals surface area contributed by atoms with E-state index in [0.29, 0.717) is 5.56 Å². The van der Waals surface area contributed by atoms with Gasteiger partial charge in [0.2, 0.25) is 10.0 Å². The van der Waals surface area contributed by atoms with Crippen LogP contribution in [-0.4, -0.2) is 54.7 Å². The van der Waals surface area contributed by atoms with E-state index in [1.54, 1.807) is 17.2 Å². The quantitative estimate of drug-likeness (QED) is 0.636. The van der Waals surface area contributed by atoms with Gasteiger partial charge >= 0.3 is 0 Å². The summed E-state index contributed by atoms with van der Waals surface area (Å²) in [6, 6.07) is 12.4. The Hall–Kier alpha value is -2.55. The van der Waals surface area contributed by atoms with Crippen LogP contribution in [0.2, 0.25) is 5.02 Å². The van der Waals surface area contributed by atoms with Crippen LogP contribution < -0.4 is 0 Å². The number of benzene rings is 2. The molecule has 2 heterocycles. The fraction of sp³-hybridized carbons (Fsp3) is 0.200. The third-order valence-electron chi connectivity index (χ3n) is 4.93. The molecule has 1 amide bonds. The first-order chi connectivity index (χ1) is 13.9. The smallest absolute Gasteiger partial charge is 0.254 e. The molecule has 0 N–H and O–H groups in total. The molecule has 1 saturated heterocycles. The Bertz CT molecular complexity index is 1190. The zero-order chi connectivity index (χ0) is 20.6. The number of piperazine rings is 1. The second kappa shape index (κ2) is 7.70. The summed E-state index contributed by atoms with van der Waals surface area (Å²) < 4.78 is 40.2. The van der Waals surface area contributed by atoms with E-state index in [1.807, 2.05) is 24.3 Å². The van der Waals surface area contributed by atoms with Gasteiger partial charge in [0.05, 0.1) is 21.0 Å². The number of hydrogen-bond donors (Lipinski definition) is 0. The topological polar surface area (TPSA) is 70.6 Å². The SMILES string of the molecule is O=C(c1ccnc2ccccc12)N1CCN(S(=O)(=O)c2ccc(F)c(Cl)c2)CC1. The average Bonchev–Trinajstić information content (AvgIpc) is 2.74. The minimum atomic E-state index is -3.82. The van der Waals surface area contributed by atoms with Crippen LogP contribution in [0.15, 0.2) is 59.6 Å². The summed E-state index contributed by atoms with van der Waals surface area (Å²) in [6.07, 6.45) is 1.59. The van der Waals surface area contributed by atoms with E-state index < -0.39 is 15.8 Å². The molecule has 6 nitrogen and oxygen atoms in total. The van der Waals surface area contributed by atoms with Crippen molar-refractivity contribution in [2.45, 2.75) is 4.90 Å². The minimum absolute atomic E-state index is 0.0659. The van der Waals surface area contributed by atoms with E-state index in [2.05, 4.69) is 4.98 Å². The van der Waals surface area contributed by atoms with Crippen LogP contribution in [0.1, 0.15) is 10.4 Å². The van der Waals surface area contributed by atoms with Gasteiger partial charge in [-0.3, -0.25) is 9.78 Å². The van der Waals surface area contributed by atoms with Crippen molar-refractivity contribution in [3.05, 3.63) is 71.1 Å². The Morgan fingerprint density at radius 3 is 2.48 bits per heavy atom. The van der Waals surface area contributed by atoms with Crippen LogP contribution >= 0.6 is 11.6 Å². The van der Waals surface area contributed by atoms with Gasteiger partial charge in [0.15, 0.2) is 0 Å². The van der Waals surface area contributed by atoms with E-state index in [-0.39, 0.29) is 42.0 Å². The van der Waals surface area contributed by atoms with Crippen LogP contribution in [0.3, 0.4) is 0 Å². The van der Waals surface area contributed by atoms with Gasteiger partial charge in [0.1, 0.15) is 5.82 Å². The molecule has 0 atom stereocenters. The van der Waals surface area contributed by atoms with Crippen molar-refractivity contribution >= 4 is 38.4 Å². The number of hydrogen-bond acceptors (Lipinski definition) is 4. The summed E-state index contributed by atoms with van der Waals surface area (Å²) in [5.41, 5.74) is 1.27. The van der Waals surface area contributed by atoms with Gasteiger partial charge in [0, 0.05) is 37.8 Å². The maximum absolute atomic E-state index is 13.4. The Labute approximate surface area is 172 Å². The normalized spacial score (nSPS) is 15.6. The lowest BCUT2D eigenvalue weighted by Crippen LogP contribution is -2.50. The molecule has 1 aromatic heterocycles. The van der Waals surface area contributed by atoms with E-state index in [4.69, 9.17) is 11.6 Å². The number of para-hydroxylation sites is 1. The van der Waals surface area contributed by atoms with Gasteiger partial charge in [-0.15, -0.1) is 0 Å². The molecule has 1 aliphatic rings. The summed E-state index contributed by atoms with van der Waals surface area (Å²) in [6.45, 7) is 0.797. The van der Waals surface area contributed by atoms with E-state index in [0.717, 1.165) is 23.0 Å². The Balaban J connectivity index is 1.51. The number of nitrogens with zero attached hydrogens (tertiary/aromatic N) is 3. The molecule has 0 aliphatic carbocycles. The van der Waals surface area contributed by atoms with E-state index in [9.17, 15) is 17.6 Å². The van der Waals surface area contributed by atoms with Gasteiger partial charge in [-0.05, 0) is 30.3 Å². The third kappa shape index (κ3) is 3.71. The molecule has 1 fully saturated rings. The lowest BCUT2D eigenvalue weighted by atomic mass is 10.1. The Morgan fingerprint density at radius 2 is 1.76 bits per heavy atom. The number of pyridine rings is 1. The molecular weight excluding hydrogens is 417 g/mol. The zero-order valence-electron chi connectivity index (χ0n) is 15.3. The number of fused-ring (bicyclic) bond motifs is 1. The summed E-state index contributed by atoms with van der Waals surface area (Å²) in [5, 5.41) is 0.514. The monoisotopic (exact) mass is 433 g/mol. The maximum Gasteiger partial charge on any atom is 0.254 e. The van der Waals surface area contributed by atoms with Gasteiger partial charge in [-0.1, -0.05) is 29.8 Å². The standard InChI is InChI=1S/C20H17ClFN3O3S/c21-17-13-14(5-6-18(17)22)29(27,28)25-11-9-24(10-12-25)20(26)16-7-8-23-19-4-2-1-3-15(16)19/h1-8,13H,9-12H2. The van der Waals surface area contributed by atoms with Crippen molar-refractivity contribution in [3.8, 4) is 0 Å². The number of rotatable bonds is 3. The molecule has 1 aliphatic heterocycles. The third-order valence-corrected chi connectivity index (χ3v) is 7.12. The second-order valence-electron chi connectivity index (χ2n) is 6.65.